The highest BCUT2D eigenvalue weighted by Gasteiger charge is 2.21. The van der Waals surface area contributed by atoms with E-state index in [9.17, 15) is 0 Å². The Kier molecular flexibility index (Phi) is 3.37. The fourth-order valence-electron chi connectivity index (χ4n) is 1.76. The van der Waals surface area contributed by atoms with Crippen LogP contribution >= 0.6 is 0 Å². The molecule has 1 heterocycles. The van der Waals surface area contributed by atoms with Crippen molar-refractivity contribution in [2.24, 2.45) is 0 Å². The Morgan fingerprint density at radius 3 is 2.82 bits per heavy atom. The number of nitrogens with zero attached hydrogens (tertiary/aromatic N) is 1. The van der Waals surface area contributed by atoms with E-state index < -0.39 is 0 Å². The van der Waals surface area contributed by atoms with E-state index in [2.05, 4.69) is 18.1 Å². The molecule has 1 heteroatoms. The lowest BCUT2D eigenvalue weighted by atomic mass is 10.1. The van der Waals surface area contributed by atoms with Crippen LogP contribution in [-0.4, -0.2) is 24.0 Å². The van der Waals surface area contributed by atoms with Gasteiger partial charge >= 0.3 is 0 Å². The molecule has 0 bridgehead atoms. The third-order valence-electron chi connectivity index (χ3n) is 2.30. The zero-order valence-corrected chi connectivity index (χ0v) is 7.13. The minimum atomic E-state index is 0.741. The molecule has 1 aliphatic heterocycles. The van der Waals surface area contributed by atoms with Crippen LogP contribution in [0.5, 0.6) is 0 Å². The SMILES string of the molecule is C=CC[C@H]1CCCN1CC=C. The average molecular weight is 151 g/mol. The number of rotatable bonds is 4. The molecule has 0 aromatic heterocycles. The molecule has 0 aliphatic carbocycles. The highest BCUT2D eigenvalue weighted by atomic mass is 15.2. The van der Waals surface area contributed by atoms with Gasteiger partial charge in [-0.3, -0.25) is 4.90 Å². The van der Waals surface area contributed by atoms with E-state index in [1.165, 1.54) is 19.4 Å². The molecule has 1 fully saturated rings. The normalized spacial score (nSPS) is 25.3. The summed E-state index contributed by atoms with van der Waals surface area (Å²) in [7, 11) is 0. The fourth-order valence-corrected chi connectivity index (χ4v) is 1.76. The molecule has 0 saturated carbocycles. The molecule has 0 spiro atoms. The van der Waals surface area contributed by atoms with E-state index in [4.69, 9.17) is 0 Å². The lowest BCUT2D eigenvalue weighted by molar-refractivity contribution is 0.282. The molecule has 11 heavy (non-hydrogen) atoms. The second kappa shape index (κ2) is 4.35. The van der Waals surface area contributed by atoms with Gasteiger partial charge in [-0.2, -0.15) is 0 Å². The second-order valence-electron chi connectivity index (χ2n) is 3.10. The lowest BCUT2D eigenvalue weighted by Gasteiger charge is -2.21. The molecule has 1 nitrogen and oxygen atoms in total. The first-order valence-electron chi connectivity index (χ1n) is 4.34. The van der Waals surface area contributed by atoms with Crippen LogP contribution in [0.15, 0.2) is 25.3 Å². The quantitative estimate of drug-likeness (QED) is 0.557. The summed E-state index contributed by atoms with van der Waals surface area (Å²) in [5.74, 6) is 0. The van der Waals surface area contributed by atoms with Crippen LogP contribution in [0, 0.1) is 0 Å². The third kappa shape index (κ3) is 2.19. The first kappa shape index (κ1) is 8.54. The van der Waals surface area contributed by atoms with Crippen molar-refractivity contribution in [3.63, 3.8) is 0 Å². The van der Waals surface area contributed by atoms with Crippen molar-refractivity contribution < 1.29 is 0 Å². The molecule has 1 saturated heterocycles. The van der Waals surface area contributed by atoms with Crippen molar-refractivity contribution in [3.8, 4) is 0 Å². The van der Waals surface area contributed by atoms with Gasteiger partial charge in [0.2, 0.25) is 0 Å². The molecule has 0 aromatic rings. The summed E-state index contributed by atoms with van der Waals surface area (Å²) in [5.41, 5.74) is 0. The second-order valence-corrected chi connectivity index (χ2v) is 3.10. The Bertz CT molecular complexity index is 124. The van der Waals surface area contributed by atoms with Gasteiger partial charge < -0.3 is 0 Å². The first-order chi connectivity index (χ1) is 5.38. The molecule has 1 atom stereocenters. The Hall–Kier alpha value is -0.560. The smallest absolute Gasteiger partial charge is 0.0163 e. The summed E-state index contributed by atoms with van der Waals surface area (Å²) in [6.07, 6.45) is 7.81. The summed E-state index contributed by atoms with van der Waals surface area (Å²) in [4.78, 5) is 2.48. The number of likely N-dealkylation sites (tertiary alicyclic amines) is 1. The van der Waals surface area contributed by atoms with Gasteiger partial charge in [0.25, 0.3) is 0 Å². The zero-order chi connectivity index (χ0) is 8.10. The van der Waals surface area contributed by atoms with E-state index in [0.29, 0.717) is 0 Å². The Labute approximate surface area is 69.4 Å². The first-order valence-corrected chi connectivity index (χ1v) is 4.34. The topological polar surface area (TPSA) is 3.24 Å². The third-order valence-corrected chi connectivity index (χ3v) is 2.30. The van der Waals surface area contributed by atoms with E-state index >= 15 is 0 Å². The largest absolute Gasteiger partial charge is 0.296 e. The van der Waals surface area contributed by atoms with Gasteiger partial charge in [-0.15, -0.1) is 13.2 Å². The van der Waals surface area contributed by atoms with E-state index in [1.54, 1.807) is 0 Å². The number of hydrogen-bond donors (Lipinski definition) is 0. The Balaban J connectivity index is 2.36. The van der Waals surface area contributed by atoms with E-state index in [-0.39, 0.29) is 0 Å². The summed E-state index contributed by atoms with van der Waals surface area (Å²) < 4.78 is 0. The van der Waals surface area contributed by atoms with Gasteiger partial charge in [0, 0.05) is 12.6 Å². The van der Waals surface area contributed by atoms with E-state index in [0.717, 1.165) is 19.0 Å². The average Bonchev–Trinajstić information content (AvgIpc) is 2.39. The van der Waals surface area contributed by atoms with Crippen LogP contribution < -0.4 is 0 Å². The molecule has 62 valence electrons. The summed E-state index contributed by atoms with van der Waals surface area (Å²) >= 11 is 0. The van der Waals surface area contributed by atoms with Crippen LogP contribution in [0.4, 0.5) is 0 Å². The maximum atomic E-state index is 3.77. The number of hydrogen-bond acceptors (Lipinski definition) is 1. The zero-order valence-electron chi connectivity index (χ0n) is 7.13. The van der Waals surface area contributed by atoms with Gasteiger partial charge in [0.15, 0.2) is 0 Å². The molecule has 1 rings (SSSR count). The summed E-state index contributed by atoms with van der Waals surface area (Å²) in [5, 5.41) is 0. The molecule has 0 N–H and O–H groups in total. The molecule has 0 amide bonds. The summed E-state index contributed by atoms with van der Waals surface area (Å²) in [6, 6.07) is 0.741. The van der Waals surface area contributed by atoms with Gasteiger partial charge in [0.1, 0.15) is 0 Å². The molecule has 1 aliphatic rings. The predicted octanol–water partition coefficient (Wildman–Crippen LogP) is 2.21. The van der Waals surface area contributed by atoms with Crippen LogP contribution in [0.25, 0.3) is 0 Å². The molecular formula is C10H17N. The van der Waals surface area contributed by atoms with Crippen LogP contribution in [-0.2, 0) is 0 Å². The van der Waals surface area contributed by atoms with Gasteiger partial charge in [-0.1, -0.05) is 12.2 Å². The maximum Gasteiger partial charge on any atom is 0.0163 e. The fraction of sp³-hybridized carbons (Fsp3) is 0.600. The molecule has 0 aromatic carbocycles. The van der Waals surface area contributed by atoms with Gasteiger partial charge in [0.05, 0.1) is 0 Å². The van der Waals surface area contributed by atoms with Gasteiger partial charge in [-0.05, 0) is 25.8 Å². The highest BCUT2D eigenvalue weighted by molar-refractivity contribution is 4.88. The monoisotopic (exact) mass is 151 g/mol. The maximum absolute atomic E-state index is 3.77. The molecule has 0 unspecified atom stereocenters. The minimum absolute atomic E-state index is 0.741. The lowest BCUT2D eigenvalue weighted by Crippen LogP contribution is -2.28. The van der Waals surface area contributed by atoms with E-state index in [1.807, 2.05) is 12.2 Å². The summed E-state index contributed by atoms with van der Waals surface area (Å²) in [6.45, 7) is 9.80. The Morgan fingerprint density at radius 1 is 1.36 bits per heavy atom. The Morgan fingerprint density at radius 2 is 2.18 bits per heavy atom. The van der Waals surface area contributed by atoms with Crippen molar-refractivity contribution >= 4 is 0 Å². The van der Waals surface area contributed by atoms with Crippen molar-refractivity contribution in [3.05, 3.63) is 25.3 Å². The standard InChI is InChI=1S/C10H17N/c1-3-6-10-7-5-9-11(10)8-4-2/h3-4,10H,1-2,5-9H2/t10-/m0/s1. The van der Waals surface area contributed by atoms with Crippen LogP contribution in [0.3, 0.4) is 0 Å². The van der Waals surface area contributed by atoms with Gasteiger partial charge in [-0.25, -0.2) is 0 Å². The highest BCUT2D eigenvalue weighted by Crippen LogP contribution is 2.19. The molecule has 0 radical (unpaired) electrons. The van der Waals surface area contributed by atoms with Crippen molar-refractivity contribution in [2.75, 3.05) is 13.1 Å². The van der Waals surface area contributed by atoms with Crippen LogP contribution in [0.1, 0.15) is 19.3 Å². The minimum Gasteiger partial charge on any atom is -0.296 e. The predicted molar refractivity (Wildman–Crippen MR) is 49.6 cm³/mol. The van der Waals surface area contributed by atoms with Crippen molar-refractivity contribution in [1.29, 1.82) is 0 Å². The van der Waals surface area contributed by atoms with Crippen molar-refractivity contribution in [2.45, 2.75) is 25.3 Å². The van der Waals surface area contributed by atoms with Crippen molar-refractivity contribution in [1.82, 2.24) is 4.90 Å². The molecular weight excluding hydrogens is 134 g/mol. The van der Waals surface area contributed by atoms with Crippen LogP contribution in [0.2, 0.25) is 0 Å².